The average molecular weight is 322 g/mol. The maximum atomic E-state index is 11.7. The van der Waals surface area contributed by atoms with E-state index in [0.29, 0.717) is 5.57 Å². The molecule has 126 valence electrons. The lowest BCUT2D eigenvalue weighted by molar-refractivity contribution is -0.132. The Morgan fingerprint density at radius 3 is 2.38 bits per heavy atom. The van der Waals surface area contributed by atoms with Crippen molar-refractivity contribution in [2.75, 3.05) is 0 Å². The Morgan fingerprint density at radius 2 is 1.79 bits per heavy atom. The first kappa shape index (κ1) is 18.0. The van der Waals surface area contributed by atoms with Crippen LogP contribution in [0.5, 0.6) is 0 Å². The summed E-state index contributed by atoms with van der Waals surface area (Å²) >= 11 is 0. The van der Waals surface area contributed by atoms with Gasteiger partial charge in [-0.25, -0.2) is 4.79 Å². The second kappa shape index (κ2) is 7.96. The summed E-state index contributed by atoms with van der Waals surface area (Å²) in [4.78, 5) is 11.7. The average Bonchev–Trinajstić information content (AvgIpc) is 2.95. The predicted molar refractivity (Wildman–Crippen MR) is 100 cm³/mol. The lowest BCUT2D eigenvalue weighted by Crippen LogP contribution is -2.12. The second-order valence-corrected chi connectivity index (χ2v) is 5.93. The smallest absolute Gasteiger partial charge is 0.332 e. The Balaban J connectivity index is 0.00000100. The lowest BCUT2D eigenvalue weighted by atomic mass is 9.85. The van der Waals surface area contributed by atoms with E-state index in [1.54, 1.807) is 0 Å². The summed E-state index contributed by atoms with van der Waals surface area (Å²) in [5, 5.41) is 9.60. The number of hydrogen-bond acceptors (Lipinski definition) is 1. The first-order valence-electron chi connectivity index (χ1n) is 8.72. The molecule has 0 saturated carbocycles. The molecule has 1 N–H and O–H groups in total. The summed E-state index contributed by atoms with van der Waals surface area (Å²) in [6, 6.07) is 14.4. The molecule has 1 aliphatic rings. The van der Waals surface area contributed by atoms with Crippen molar-refractivity contribution in [2.24, 2.45) is 0 Å². The Labute approximate surface area is 144 Å². The molecule has 0 heterocycles. The van der Waals surface area contributed by atoms with Crippen LogP contribution in [0.15, 0.2) is 48.0 Å². The Morgan fingerprint density at radius 1 is 1.12 bits per heavy atom. The van der Waals surface area contributed by atoms with Gasteiger partial charge in [-0.2, -0.15) is 0 Å². The van der Waals surface area contributed by atoms with Gasteiger partial charge in [0.2, 0.25) is 0 Å². The van der Waals surface area contributed by atoms with E-state index in [1.807, 2.05) is 38.1 Å². The van der Waals surface area contributed by atoms with E-state index in [9.17, 15) is 9.90 Å². The highest BCUT2D eigenvalue weighted by Gasteiger charge is 2.31. The van der Waals surface area contributed by atoms with E-state index in [2.05, 4.69) is 38.1 Å². The van der Waals surface area contributed by atoms with Gasteiger partial charge in [0.1, 0.15) is 0 Å². The molecule has 1 atom stereocenters. The monoisotopic (exact) mass is 322 g/mol. The van der Waals surface area contributed by atoms with Gasteiger partial charge in [-0.15, -0.1) is 0 Å². The van der Waals surface area contributed by atoms with Gasteiger partial charge in [-0.1, -0.05) is 68.8 Å². The quantitative estimate of drug-likeness (QED) is 0.819. The largest absolute Gasteiger partial charge is 0.478 e. The van der Waals surface area contributed by atoms with Crippen molar-refractivity contribution in [3.05, 3.63) is 75.9 Å². The van der Waals surface area contributed by atoms with Crippen LogP contribution in [-0.4, -0.2) is 11.1 Å². The summed E-state index contributed by atoms with van der Waals surface area (Å²) < 4.78 is 0. The third-order valence-electron chi connectivity index (χ3n) is 4.39. The van der Waals surface area contributed by atoms with Crippen molar-refractivity contribution in [3.63, 3.8) is 0 Å². The number of hydrogen-bond donors (Lipinski definition) is 1. The van der Waals surface area contributed by atoms with Crippen molar-refractivity contribution >= 4 is 12.0 Å². The number of carboxylic acids is 1. The molecule has 24 heavy (non-hydrogen) atoms. The van der Waals surface area contributed by atoms with E-state index in [-0.39, 0.29) is 5.92 Å². The molecule has 2 nitrogen and oxygen atoms in total. The van der Waals surface area contributed by atoms with Crippen LogP contribution in [0.1, 0.15) is 54.5 Å². The second-order valence-electron chi connectivity index (χ2n) is 5.93. The van der Waals surface area contributed by atoms with Gasteiger partial charge in [-0.3, -0.25) is 0 Å². The van der Waals surface area contributed by atoms with E-state index in [4.69, 9.17) is 0 Å². The van der Waals surface area contributed by atoms with Crippen LogP contribution in [0.25, 0.3) is 6.08 Å². The lowest BCUT2D eigenvalue weighted by Gasteiger charge is -2.18. The predicted octanol–water partition coefficient (Wildman–Crippen LogP) is 5.39. The van der Waals surface area contributed by atoms with Crippen LogP contribution < -0.4 is 0 Å². The molecule has 0 spiro atoms. The number of benzene rings is 2. The molecule has 1 aliphatic carbocycles. The third kappa shape index (κ3) is 3.59. The van der Waals surface area contributed by atoms with Gasteiger partial charge in [0.15, 0.2) is 0 Å². The number of carbonyl (C=O) groups is 1. The number of aryl methyl sites for hydroxylation is 2. The van der Waals surface area contributed by atoms with Gasteiger partial charge in [0.25, 0.3) is 0 Å². The summed E-state index contributed by atoms with van der Waals surface area (Å²) in [6.07, 6.45) is 3.52. The molecule has 0 bridgehead atoms. The Kier molecular flexibility index (Phi) is 5.97. The molecular formula is C22H26O2. The molecule has 3 rings (SSSR count). The van der Waals surface area contributed by atoms with Gasteiger partial charge < -0.3 is 5.11 Å². The van der Waals surface area contributed by atoms with Crippen LogP contribution in [0, 0.1) is 6.92 Å². The molecule has 0 aromatic heterocycles. The van der Waals surface area contributed by atoms with Gasteiger partial charge in [-0.05, 0) is 48.1 Å². The van der Waals surface area contributed by atoms with E-state index in [1.165, 1.54) is 22.3 Å². The zero-order valence-corrected chi connectivity index (χ0v) is 15.0. The fourth-order valence-corrected chi connectivity index (χ4v) is 3.44. The molecule has 2 heteroatoms. The van der Waals surface area contributed by atoms with E-state index >= 15 is 0 Å². The highest BCUT2D eigenvalue weighted by molar-refractivity contribution is 5.97. The minimum atomic E-state index is -0.808. The molecular weight excluding hydrogens is 296 g/mol. The van der Waals surface area contributed by atoms with Crippen molar-refractivity contribution < 1.29 is 9.90 Å². The van der Waals surface area contributed by atoms with Crippen LogP contribution in [-0.2, 0) is 17.6 Å². The summed E-state index contributed by atoms with van der Waals surface area (Å²) in [5.74, 6) is -0.859. The molecule has 2 aromatic rings. The minimum Gasteiger partial charge on any atom is -0.478 e. The van der Waals surface area contributed by atoms with E-state index in [0.717, 1.165) is 18.4 Å². The topological polar surface area (TPSA) is 37.3 Å². The number of aliphatic carboxylic acids is 1. The SMILES string of the molecule is CC.CCc1cc(C)cc2c1C(Cc1ccccc1)C(C(=O)O)=C2. The molecule has 0 saturated heterocycles. The molecule has 0 radical (unpaired) electrons. The van der Waals surface area contributed by atoms with Crippen molar-refractivity contribution in [1.82, 2.24) is 0 Å². The highest BCUT2D eigenvalue weighted by Crippen LogP contribution is 2.41. The zero-order valence-electron chi connectivity index (χ0n) is 15.0. The fourth-order valence-electron chi connectivity index (χ4n) is 3.44. The molecule has 1 unspecified atom stereocenters. The first-order valence-corrected chi connectivity index (χ1v) is 8.72. The fraction of sp³-hybridized carbons (Fsp3) is 0.318. The molecule has 2 aromatic carbocycles. The van der Waals surface area contributed by atoms with Crippen LogP contribution in [0.4, 0.5) is 0 Å². The summed E-state index contributed by atoms with van der Waals surface area (Å²) in [5.41, 5.74) is 6.43. The maximum Gasteiger partial charge on any atom is 0.332 e. The van der Waals surface area contributed by atoms with Crippen molar-refractivity contribution in [3.8, 4) is 0 Å². The standard InChI is InChI=1S/C20H20O2.C2H6/c1-3-15-9-13(2)10-16-12-18(20(21)22)17(19(15)16)11-14-7-5-4-6-8-14;1-2/h4-10,12,17H,3,11H2,1-2H3,(H,21,22);1-2H3. The number of fused-ring (bicyclic) bond motifs is 1. The summed E-state index contributed by atoms with van der Waals surface area (Å²) in [7, 11) is 0. The van der Waals surface area contributed by atoms with Crippen molar-refractivity contribution in [1.29, 1.82) is 0 Å². The normalized spacial score (nSPS) is 15.2. The minimum absolute atomic E-state index is 0.0505. The van der Waals surface area contributed by atoms with Gasteiger partial charge >= 0.3 is 5.97 Å². The zero-order chi connectivity index (χ0) is 17.7. The third-order valence-corrected chi connectivity index (χ3v) is 4.39. The highest BCUT2D eigenvalue weighted by atomic mass is 16.4. The van der Waals surface area contributed by atoms with Crippen molar-refractivity contribution in [2.45, 2.75) is 46.5 Å². The molecule has 0 aliphatic heterocycles. The van der Waals surface area contributed by atoms with Gasteiger partial charge in [0.05, 0.1) is 0 Å². The maximum absolute atomic E-state index is 11.7. The van der Waals surface area contributed by atoms with Crippen LogP contribution in [0.3, 0.4) is 0 Å². The molecule has 0 amide bonds. The first-order chi connectivity index (χ1) is 11.6. The molecule has 0 fully saturated rings. The Hall–Kier alpha value is -2.35. The van der Waals surface area contributed by atoms with E-state index < -0.39 is 5.97 Å². The van der Waals surface area contributed by atoms with Gasteiger partial charge in [0, 0.05) is 11.5 Å². The van der Waals surface area contributed by atoms with Crippen LogP contribution >= 0.6 is 0 Å². The number of carboxylic acid groups (broad SMARTS) is 1. The number of rotatable bonds is 4. The summed E-state index contributed by atoms with van der Waals surface area (Å²) in [6.45, 7) is 8.20. The van der Waals surface area contributed by atoms with Crippen LogP contribution in [0.2, 0.25) is 0 Å². The Bertz CT molecular complexity index is 742.